The molecule has 3 aromatic rings. The van der Waals surface area contributed by atoms with Gasteiger partial charge < -0.3 is 4.98 Å². The van der Waals surface area contributed by atoms with E-state index in [9.17, 15) is 0 Å². The van der Waals surface area contributed by atoms with Crippen LogP contribution in [0.5, 0.6) is 0 Å². The molecule has 1 aromatic heterocycles. The molecule has 0 spiro atoms. The molecule has 1 aliphatic heterocycles. The normalized spacial score (nSPS) is 13.4. The summed E-state index contributed by atoms with van der Waals surface area (Å²) in [5, 5.41) is 9.08. The molecule has 0 fully saturated rings. The highest BCUT2D eigenvalue weighted by Gasteiger charge is 2.17. The van der Waals surface area contributed by atoms with Gasteiger partial charge in [-0.3, -0.25) is 4.98 Å². The molecule has 2 aliphatic rings. The number of benzene rings is 2. The van der Waals surface area contributed by atoms with Gasteiger partial charge in [0.15, 0.2) is 0 Å². The topological polar surface area (TPSA) is 28.7 Å². The van der Waals surface area contributed by atoms with Crippen LogP contribution in [0.3, 0.4) is 0 Å². The minimum Gasteiger partial charge on any atom is -0.358 e. The van der Waals surface area contributed by atoms with Crippen LogP contribution in [0.2, 0.25) is 0 Å². The molecule has 0 bridgehead atoms. The first-order valence-electron chi connectivity index (χ1n) is 9.75. The third-order valence-corrected chi connectivity index (χ3v) is 6.25. The summed E-state index contributed by atoms with van der Waals surface area (Å²) in [7, 11) is 0. The number of nitrogens with one attached hydrogen (secondary N) is 1. The Morgan fingerprint density at radius 2 is 1.63 bits per heavy atom. The number of fused-ring (bicyclic) bond motifs is 2. The van der Waals surface area contributed by atoms with Crippen LogP contribution in [0.1, 0.15) is 42.1 Å². The molecule has 1 N–H and O–H groups in total. The average Bonchev–Trinajstić information content (AvgIpc) is 3.27. The second kappa shape index (κ2) is 5.56. The first-order valence-corrected chi connectivity index (χ1v) is 9.75. The van der Waals surface area contributed by atoms with E-state index < -0.39 is 0 Å². The third kappa shape index (κ3) is 2.04. The Hall–Kier alpha value is -2.87. The minimum atomic E-state index is 1.05. The first kappa shape index (κ1) is 16.3. The SMILES string of the molecule is CCc1c(C)[nH]c(/C(C)=c2\nc(C)c3c4cccc5cccc(c2=3)c54)c1C. The lowest BCUT2D eigenvalue weighted by atomic mass is 10.0. The zero-order valence-corrected chi connectivity index (χ0v) is 16.6. The van der Waals surface area contributed by atoms with Gasteiger partial charge in [-0.15, -0.1) is 0 Å². The highest BCUT2D eigenvalue weighted by molar-refractivity contribution is 6.12. The van der Waals surface area contributed by atoms with E-state index in [1.165, 1.54) is 60.1 Å². The second-order valence-electron chi connectivity index (χ2n) is 7.71. The van der Waals surface area contributed by atoms with Gasteiger partial charge in [-0.05, 0) is 72.4 Å². The van der Waals surface area contributed by atoms with Crippen molar-refractivity contribution >= 4 is 27.1 Å². The first-order chi connectivity index (χ1) is 13.0. The van der Waals surface area contributed by atoms with Gasteiger partial charge in [-0.25, -0.2) is 0 Å². The molecule has 0 saturated heterocycles. The summed E-state index contributed by atoms with van der Waals surface area (Å²) in [5.74, 6) is 0. The molecular formula is C25H24N2. The molecular weight excluding hydrogens is 328 g/mol. The van der Waals surface area contributed by atoms with E-state index in [4.69, 9.17) is 4.98 Å². The lowest BCUT2D eigenvalue weighted by molar-refractivity contribution is 1.08. The predicted molar refractivity (Wildman–Crippen MR) is 114 cm³/mol. The van der Waals surface area contributed by atoms with Crippen LogP contribution < -0.4 is 5.35 Å². The van der Waals surface area contributed by atoms with E-state index in [1.807, 2.05) is 0 Å². The molecule has 2 heteroatoms. The van der Waals surface area contributed by atoms with E-state index in [0.717, 1.165) is 17.5 Å². The fourth-order valence-corrected chi connectivity index (χ4v) is 5.01. The van der Waals surface area contributed by atoms with Crippen molar-refractivity contribution in [2.45, 2.75) is 41.0 Å². The summed E-state index contributed by atoms with van der Waals surface area (Å²) in [4.78, 5) is 8.67. The van der Waals surface area contributed by atoms with Gasteiger partial charge in [0.1, 0.15) is 0 Å². The van der Waals surface area contributed by atoms with Gasteiger partial charge in [0, 0.05) is 27.5 Å². The Balaban J connectivity index is 2.02. The number of rotatable bonds is 2. The van der Waals surface area contributed by atoms with Crippen molar-refractivity contribution in [2.75, 3.05) is 0 Å². The lowest BCUT2D eigenvalue weighted by Gasteiger charge is -2.02. The smallest absolute Gasteiger partial charge is 0.0768 e. The summed E-state index contributed by atoms with van der Waals surface area (Å²) in [6, 6.07) is 13.2. The fourth-order valence-electron chi connectivity index (χ4n) is 5.01. The molecule has 2 aromatic carbocycles. The summed E-state index contributed by atoms with van der Waals surface area (Å²) in [6.07, 6.45) is 1.05. The van der Waals surface area contributed by atoms with Crippen molar-refractivity contribution in [1.82, 2.24) is 9.97 Å². The summed E-state index contributed by atoms with van der Waals surface area (Å²) < 4.78 is 0. The highest BCUT2D eigenvalue weighted by atomic mass is 14.8. The molecule has 5 rings (SSSR count). The van der Waals surface area contributed by atoms with E-state index in [0.29, 0.717) is 0 Å². The van der Waals surface area contributed by atoms with Crippen molar-refractivity contribution < 1.29 is 0 Å². The lowest BCUT2D eigenvalue weighted by Crippen LogP contribution is -2.10. The quantitative estimate of drug-likeness (QED) is 0.458. The van der Waals surface area contributed by atoms with Crippen molar-refractivity contribution in [3.63, 3.8) is 0 Å². The molecule has 134 valence electrons. The molecule has 2 nitrogen and oxygen atoms in total. The molecule has 0 saturated carbocycles. The zero-order chi connectivity index (χ0) is 18.9. The van der Waals surface area contributed by atoms with Gasteiger partial charge in [0.05, 0.1) is 5.35 Å². The third-order valence-electron chi connectivity index (χ3n) is 6.25. The number of H-pyrrole nitrogens is 1. The number of nitrogens with zero attached hydrogens (tertiary/aromatic N) is 1. The Bertz CT molecular complexity index is 1430. The number of hydrogen-bond acceptors (Lipinski definition) is 1. The Kier molecular flexibility index (Phi) is 3.36. The van der Waals surface area contributed by atoms with Crippen LogP contribution in [0.15, 0.2) is 36.4 Å². The van der Waals surface area contributed by atoms with Gasteiger partial charge in [0.2, 0.25) is 0 Å². The maximum absolute atomic E-state index is 5.04. The van der Waals surface area contributed by atoms with Crippen LogP contribution in [-0.2, 0) is 6.42 Å². The molecule has 0 unspecified atom stereocenters. The van der Waals surface area contributed by atoms with Crippen molar-refractivity contribution in [1.29, 1.82) is 0 Å². The monoisotopic (exact) mass is 352 g/mol. The largest absolute Gasteiger partial charge is 0.358 e. The van der Waals surface area contributed by atoms with Gasteiger partial charge in [-0.1, -0.05) is 43.3 Å². The molecule has 0 radical (unpaired) electrons. The van der Waals surface area contributed by atoms with E-state index in [1.54, 1.807) is 0 Å². The number of aromatic nitrogens is 2. The maximum Gasteiger partial charge on any atom is 0.0768 e. The van der Waals surface area contributed by atoms with E-state index in [2.05, 4.69) is 76.0 Å². The summed E-state index contributed by atoms with van der Waals surface area (Å²) >= 11 is 0. The zero-order valence-electron chi connectivity index (χ0n) is 16.6. The van der Waals surface area contributed by atoms with Gasteiger partial charge in [0.25, 0.3) is 0 Å². The number of aromatic amines is 1. The molecule has 1 aliphatic carbocycles. The minimum absolute atomic E-state index is 1.05. The standard InChI is InChI=1S/C25H24N2/c1-6-18-13(2)24(26-15(18)4)14(3)25-23-20-12-8-10-17-9-7-11-19(22(17)20)21(23)16(5)27-25/h7-12,26H,6H2,1-5H3/b25-14-. The number of aryl methyl sites for hydroxylation is 2. The summed E-state index contributed by atoms with van der Waals surface area (Å²) in [5.41, 5.74) is 7.65. The Morgan fingerprint density at radius 1 is 0.963 bits per heavy atom. The van der Waals surface area contributed by atoms with Crippen LogP contribution in [0.25, 0.3) is 27.1 Å². The van der Waals surface area contributed by atoms with E-state index in [-0.39, 0.29) is 0 Å². The average molecular weight is 352 g/mol. The highest BCUT2D eigenvalue weighted by Crippen LogP contribution is 2.32. The second-order valence-corrected chi connectivity index (χ2v) is 7.71. The van der Waals surface area contributed by atoms with Crippen molar-refractivity contribution in [3.05, 3.63) is 80.4 Å². The van der Waals surface area contributed by atoms with Crippen molar-refractivity contribution in [3.8, 4) is 0 Å². The maximum atomic E-state index is 5.04. The van der Waals surface area contributed by atoms with Gasteiger partial charge in [-0.2, -0.15) is 0 Å². The van der Waals surface area contributed by atoms with Crippen LogP contribution in [0.4, 0.5) is 0 Å². The molecule has 27 heavy (non-hydrogen) atoms. The van der Waals surface area contributed by atoms with Crippen LogP contribution in [-0.4, -0.2) is 9.97 Å². The van der Waals surface area contributed by atoms with Crippen molar-refractivity contribution in [2.24, 2.45) is 0 Å². The van der Waals surface area contributed by atoms with Gasteiger partial charge >= 0.3 is 0 Å². The molecule has 2 heterocycles. The van der Waals surface area contributed by atoms with Crippen LogP contribution in [0, 0.1) is 31.2 Å². The Morgan fingerprint density at radius 3 is 2.26 bits per heavy atom. The summed E-state index contributed by atoms with van der Waals surface area (Å²) in [6.45, 7) is 11.0. The molecule has 0 atom stereocenters. The van der Waals surface area contributed by atoms with E-state index >= 15 is 0 Å². The fraction of sp³-hybridized carbons (Fsp3) is 0.240. The Labute approximate surface area is 158 Å². The molecule has 0 amide bonds. The predicted octanol–water partition coefficient (Wildman–Crippen LogP) is 5.30. The number of hydrogen-bond donors (Lipinski definition) is 1. The van der Waals surface area contributed by atoms with Crippen LogP contribution >= 0.6 is 0 Å².